The molecule has 0 unspecified atom stereocenters. The van der Waals surface area contributed by atoms with Gasteiger partial charge in [-0.3, -0.25) is 4.79 Å². The number of para-hydroxylation sites is 1. The molecule has 0 aliphatic heterocycles. The standard InChI is InChI=1S/C14H17N3O2/c1-17-9-8-16-13(17)7-6-11(18)10-4-3-5-12(19-2)14(10)15/h3-5,8-9H,6-7,15H2,1-2H3. The van der Waals surface area contributed by atoms with Crippen LogP contribution in [0.2, 0.25) is 0 Å². The molecule has 0 saturated heterocycles. The van der Waals surface area contributed by atoms with Crippen molar-refractivity contribution >= 4 is 11.5 Å². The summed E-state index contributed by atoms with van der Waals surface area (Å²) >= 11 is 0. The summed E-state index contributed by atoms with van der Waals surface area (Å²) in [4.78, 5) is 16.4. The van der Waals surface area contributed by atoms with Crippen molar-refractivity contribution in [2.24, 2.45) is 7.05 Å². The first kappa shape index (κ1) is 13.1. The molecule has 0 saturated carbocycles. The Kier molecular flexibility index (Phi) is 3.85. The zero-order chi connectivity index (χ0) is 13.8. The van der Waals surface area contributed by atoms with E-state index in [4.69, 9.17) is 10.5 Å². The van der Waals surface area contributed by atoms with E-state index in [1.54, 1.807) is 24.4 Å². The Bertz CT molecular complexity index is 590. The Labute approximate surface area is 112 Å². The molecule has 5 heteroatoms. The molecule has 0 spiro atoms. The number of ether oxygens (including phenoxy) is 1. The second-order valence-corrected chi connectivity index (χ2v) is 4.30. The lowest BCUT2D eigenvalue weighted by Crippen LogP contribution is -2.08. The summed E-state index contributed by atoms with van der Waals surface area (Å²) in [5.41, 5.74) is 6.81. The van der Waals surface area contributed by atoms with E-state index in [0.717, 1.165) is 5.82 Å². The molecule has 0 fully saturated rings. The van der Waals surface area contributed by atoms with E-state index in [1.807, 2.05) is 17.8 Å². The number of benzene rings is 1. The smallest absolute Gasteiger partial charge is 0.165 e. The van der Waals surface area contributed by atoms with E-state index in [1.165, 1.54) is 7.11 Å². The number of ketones is 1. The van der Waals surface area contributed by atoms with Crippen LogP contribution in [0.4, 0.5) is 5.69 Å². The fraction of sp³-hybridized carbons (Fsp3) is 0.286. The van der Waals surface area contributed by atoms with Gasteiger partial charge in [-0.25, -0.2) is 4.98 Å². The van der Waals surface area contributed by atoms with E-state index in [-0.39, 0.29) is 5.78 Å². The highest BCUT2D eigenvalue weighted by atomic mass is 16.5. The SMILES string of the molecule is COc1cccc(C(=O)CCc2nccn2C)c1N. The topological polar surface area (TPSA) is 70.1 Å². The van der Waals surface area contributed by atoms with Crippen LogP contribution in [-0.2, 0) is 13.5 Å². The third-order valence-electron chi connectivity index (χ3n) is 3.08. The molecular weight excluding hydrogens is 242 g/mol. The first-order valence-corrected chi connectivity index (χ1v) is 6.05. The molecule has 1 aromatic carbocycles. The molecule has 19 heavy (non-hydrogen) atoms. The van der Waals surface area contributed by atoms with Crippen LogP contribution in [0.1, 0.15) is 22.6 Å². The van der Waals surface area contributed by atoms with Gasteiger partial charge in [0.15, 0.2) is 5.78 Å². The molecule has 0 amide bonds. The van der Waals surface area contributed by atoms with E-state index in [0.29, 0.717) is 29.8 Å². The number of nitrogen functional groups attached to an aromatic ring is 1. The summed E-state index contributed by atoms with van der Waals surface area (Å²) in [7, 11) is 3.44. The van der Waals surface area contributed by atoms with Gasteiger partial charge in [-0.1, -0.05) is 6.07 Å². The van der Waals surface area contributed by atoms with Gasteiger partial charge in [0.1, 0.15) is 11.6 Å². The highest BCUT2D eigenvalue weighted by Gasteiger charge is 2.13. The Balaban J connectivity index is 2.10. The lowest BCUT2D eigenvalue weighted by atomic mass is 10.0. The van der Waals surface area contributed by atoms with Crippen LogP contribution in [0.25, 0.3) is 0 Å². The van der Waals surface area contributed by atoms with Crippen molar-refractivity contribution < 1.29 is 9.53 Å². The van der Waals surface area contributed by atoms with Crippen molar-refractivity contribution in [3.63, 3.8) is 0 Å². The van der Waals surface area contributed by atoms with Gasteiger partial charge in [0.05, 0.1) is 12.8 Å². The summed E-state index contributed by atoms with van der Waals surface area (Å²) < 4.78 is 7.02. The average molecular weight is 259 g/mol. The van der Waals surface area contributed by atoms with Crippen LogP contribution in [0, 0.1) is 0 Å². The van der Waals surface area contributed by atoms with Gasteiger partial charge in [0.25, 0.3) is 0 Å². The number of Topliss-reactive ketones (excluding diaryl/α,β-unsaturated/α-hetero) is 1. The number of carbonyl (C=O) groups excluding carboxylic acids is 1. The second kappa shape index (κ2) is 5.56. The molecule has 0 bridgehead atoms. The normalized spacial score (nSPS) is 10.4. The number of carbonyl (C=O) groups is 1. The highest BCUT2D eigenvalue weighted by Crippen LogP contribution is 2.25. The molecule has 2 N–H and O–H groups in total. The molecular formula is C14H17N3O2. The quantitative estimate of drug-likeness (QED) is 0.657. The van der Waals surface area contributed by atoms with Gasteiger partial charge in [-0.15, -0.1) is 0 Å². The van der Waals surface area contributed by atoms with Gasteiger partial charge >= 0.3 is 0 Å². The van der Waals surface area contributed by atoms with E-state index >= 15 is 0 Å². The third-order valence-corrected chi connectivity index (χ3v) is 3.08. The minimum Gasteiger partial charge on any atom is -0.495 e. The molecule has 5 nitrogen and oxygen atoms in total. The molecule has 0 aliphatic carbocycles. The van der Waals surface area contributed by atoms with Crippen molar-refractivity contribution in [1.29, 1.82) is 0 Å². The molecule has 1 aromatic heterocycles. The van der Waals surface area contributed by atoms with E-state index < -0.39 is 0 Å². The number of anilines is 1. The van der Waals surface area contributed by atoms with Gasteiger partial charge in [-0.2, -0.15) is 0 Å². The fourth-order valence-corrected chi connectivity index (χ4v) is 1.96. The largest absolute Gasteiger partial charge is 0.495 e. The Morgan fingerprint density at radius 1 is 1.47 bits per heavy atom. The summed E-state index contributed by atoms with van der Waals surface area (Å²) in [5, 5.41) is 0. The maximum atomic E-state index is 12.2. The molecule has 2 aromatic rings. The van der Waals surface area contributed by atoms with Gasteiger partial charge in [-0.05, 0) is 12.1 Å². The Hall–Kier alpha value is -2.30. The summed E-state index contributed by atoms with van der Waals surface area (Å²) in [6, 6.07) is 5.23. The summed E-state index contributed by atoms with van der Waals surface area (Å²) in [6.07, 6.45) is 4.56. The lowest BCUT2D eigenvalue weighted by Gasteiger charge is -2.09. The molecule has 1 heterocycles. The number of methoxy groups -OCH3 is 1. The van der Waals surface area contributed by atoms with Crippen LogP contribution in [0.5, 0.6) is 5.75 Å². The number of aromatic nitrogens is 2. The number of nitrogens with two attached hydrogens (primary N) is 1. The molecule has 100 valence electrons. The van der Waals surface area contributed by atoms with Crippen LogP contribution in [0.15, 0.2) is 30.6 Å². The van der Waals surface area contributed by atoms with Crippen molar-refractivity contribution in [2.45, 2.75) is 12.8 Å². The Morgan fingerprint density at radius 3 is 2.89 bits per heavy atom. The number of aryl methyl sites for hydroxylation is 2. The number of nitrogens with zero attached hydrogens (tertiary/aromatic N) is 2. The molecule has 0 atom stereocenters. The number of hydrogen-bond donors (Lipinski definition) is 1. The van der Waals surface area contributed by atoms with Gasteiger partial charge < -0.3 is 15.0 Å². The summed E-state index contributed by atoms with van der Waals surface area (Å²) in [6.45, 7) is 0. The maximum absolute atomic E-state index is 12.2. The van der Waals surface area contributed by atoms with E-state index in [2.05, 4.69) is 4.98 Å². The van der Waals surface area contributed by atoms with Crippen LogP contribution < -0.4 is 10.5 Å². The molecule has 2 rings (SSSR count). The average Bonchev–Trinajstić information content (AvgIpc) is 2.82. The van der Waals surface area contributed by atoms with Crippen LogP contribution >= 0.6 is 0 Å². The number of hydrogen-bond acceptors (Lipinski definition) is 4. The van der Waals surface area contributed by atoms with Crippen molar-refractivity contribution in [2.75, 3.05) is 12.8 Å². The van der Waals surface area contributed by atoms with Crippen LogP contribution in [0.3, 0.4) is 0 Å². The summed E-state index contributed by atoms with van der Waals surface area (Å²) in [5.74, 6) is 1.41. The van der Waals surface area contributed by atoms with Gasteiger partial charge in [0, 0.05) is 37.8 Å². The third kappa shape index (κ3) is 2.76. The zero-order valence-electron chi connectivity index (χ0n) is 11.1. The van der Waals surface area contributed by atoms with Crippen LogP contribution in [-0.4, -0.2) is 22.4 Å². The number of rotatable bonds is 5. The predicted molar refractivity (Wildman–Crippen MR) is 73.3 cm³/mol. The highest BCUT2D eigenvalue weighted by molar-refractivity contribution is 6.01. The fourth-order valence-electron chi connectivity index (χ4n) is 1.96. The zero-order valence-corrected chi connectivity index (χ0v) is 11.1. The van der Waals surface area contributed by atoms with Crippen molar-refractivity contribution in [3.05, 3.63) is 42.0 Å². The first-order chi connectivity index (χ1) is 9.13. The second-order valence-electron chi connectivity index (χ2n) is 4.30. The van der Waals surface area contributed by atoms with Gasteiger partial charge in [0.2, 0.25) is 0 Å². The monoisotopic (exact) mass is 259 g/mol. The lowest BCUT2D eigenvalue weighted by molar-refractivity contribution is 0.0982. The minimum absolute atomic E-state index is 0.000556. The minimum atomic E-state index is -0.000556. The molecule has 0 radical (unpaired) electrons. The maximum Gasteiger partial charge on any atom is 0.165 e. The van der Waals surface area contributed by atoms with E-state index in [9.17, 15) is 4.79 Å². The van der Waals surface area contributed by atoms with Crippen molar-refractivity contribution in [3.8, 4) is 5.75 Å². The first-order valence-electron chi connectivity index (χ1n) is 6.05. The molecule has 0 aliphatic rings. The van der Waals surface area contributed by atoms with Crippen molar-refractivity contribution in [1.82, 2.24) is 9.55 Å². The predicted octanol–water partition coefficient (Wildman–Crippen LogP) is 1.83. The number of imidazole rings is 1. The Morgan fingerprint density at radius 2 is 2.26 bits per heavy atom.